The van der Waals surface area contributed by atoms with E-state index in [0.717, 1.165) is 12.0 Å². The number of nitrogens with one attached hydrogen (secondary N) is 2. The standard InChI is InChI=1S/C23H24N2O/c26-23(25-18-19-10-4-1-5-11-19)24-17-16-22(20-12-6-2-7-13-20)21-14-8-3-9-15-21/h1-15,22H,16-18H2,(H2,24,25,26). The van der Waals surface area contributed by atoms with Crippen molar-refractivity contribution in [2.45, 2.75) is 18.9 Å². The largest absolute Gasteiger partial charge is 0.338 e. The molecule has 0 aliphatic rings. The van der Waals surface area contributed by atoms with Crippen LogP contribution in [0, 0.1) is 0 Å². The van der Waals surface area contributed by atoms with Gasteiger partial charge < -0.3 is 10.6 Å². The van der Waals surface area contributed by atoms with Gasteiger partial charge in [-0.1, -0.05) is 91.0 Å². The van der Waals surface area contributed by atoms with Crippen LogP contribution in [-0.2, 0) is 6.54 Å². The molecule has 132 valence electrons. The van der Waals surface area contributed by atoms with E-state index in [1.165, 1.54) is 11.1 Å². The molecule has 2 N–H and O–H groups in total. The molecule has 0 heterocycles. The molecule has 3 aromatic carbocycles. The topological polar surface area (TPSA) is 41.1 Å². The Kier molecular flexibility index (Phi) is 6.43. The first kappa shape index (κ1) is 17.7. The minimum atomic E-state index is -0.131. The van der Waals surface area contributed by atoms with Crippen LogP contribution in [-0.4, -0.2) is 12.6 Å². The molecule has 0 aromatic heterocycles. The van der Waals surface area contributed by atoms with Gasteiger partial charge in [-0.25, -0.2) is 4.79 Å². The van der Waals surface area contributed by atoms with E-state index in [-0.39, 0.29) is 11.9 Å². The van der Waals surface area contributed by atoms with Crippen molar-refractivity contribution in [2.75, 3.05) is 6.54 Å². The smallest absolute Gasteiger partial charge is 0.315 e. The Labute approximate surface area is 155 Å². The molecule has 0 fully saturated rings. The summed E-state index contributed by atoms with van der Waals surface area (Å²) in [5.41, 5.74) is 3.63. The van der Waals surface area contributed by atoms with Gasteiger partial charge >= 0.3 is 6.03 Å². The van der Waals surface area contributed by atoms with E-state index >= 15 is 0 Å². The molecule has 0 atom stereocenters. The van der Waals surface area contributed by atoms with Gasteiger partial charge in [-0.3, -0.25) is 0 Å². The highest BCUT2D eigenvalue weighted by atomic mass is 16.2. The highest BCUT2D eigenvalue weighted by Crippen LogP contribution is 2.27. The summed E-state index contributed by atoms with van der Waals surface area (Å²) in [7, 11) is 0. The molecule has 0 unspecified atom stereocenters. The predicted octanol–water partition coefficient (Wildman–Crippen LogP) is 4.71. The number of hydrogen-bond acceptors (Lipinski definition) is 1. The Bertz CT molecular complexity index is 749. The maximum atomic E-state index is 12.0. The van der Waals surface area contributed by atoms with Crippen LogP contribution in [0.25, 0.3) is 0 Å². The second-order valence-corrected chi connectivity index (χ2v) is 6.26. The highest BCUT2D eigenvalue weighted by molar-refractivity contribution is 5.73. The van der Waals surface area contributed by atoms with Gasteiger partial charge in [0.1, 0.15) is 0 Å². The molecular formula is C23H24N2O. The molecule has 0 spiro atoms. The van der Waals surface area contributed by atoms with Gasteiger partial charge in [0.2, 0.25) is 0 Å². The van der Waals surface area contributed by atoms with Crippen molar-refractivity contribution >= 4 is 6.03 Å². The lowest BCUT2D eigenvalue weighted by Crippen LogP contribution is -2.36. The summed E-state index contributed by atoms with van der Waals surface area (Å²) >= 11 is 0. The molecule has 3 aromatic rings. The zero-order valence-electron chi connectivity index (χ0n) is 14.8. The monoisotopic (exact) mass is 344 g/mol. The molecule has 0 bridgehead atoms. The van der Waals surface area contributed by atoms with Gasteiger partial charge in [-0.05, 0) is 23.1 Å². The van der Waals surface area contributed by atoms with E-state index in [1.807, 2.05) is 42.5 Å². The summed E-state index contributed by atoms with van der Waals surface area (Å²) in [5.74, 6) is 0.270. The molecular weight excluding hydrogens is 320 g/mol. The fraction of sp³-hybridized carbons (Fsp3) is 0.174. The molecule has 0 aliphatic heterocycles. The minimum Gasteiger partial charge on any atom is -0.338 e. The van der Waals surface area contributed by atoms with E-state index in [9.17, 15) is 4.79 Å². The summed E-state index contributed by atoms with van der Waals surface area (Å²) in [6, 6.07) is 30.7. The SMILES string of the molecule is O=C(NCCC(c1ccccc1)c1ccccc1)NCc1ccccc1. The number of hydrogen-bond donors (Lipinski definition) is 2. The lowest BCUT2D eigenvalue weighted by Gasteiger charge is -2.18. The van der Waals surface area contributed by atoms with Crippen LogP contribution >= 0.6 is 0 Å². The lowest BCUT2D eigenvalue weighted by molar-refractivity contribution is 0.240. The first-order chi connectivity index (χ1) is 12.8. The summed E-state index contributed by atoms with van der Waals surface area (Å²) in [6.07, 6.45) is 0.854. The Balaban J connectivity index is 1.54. The van der Waals surface area contributed by atoms with Crippen LogP contribution in [0.15, 0.2) is 91.0 Å². The predicted molar refractivity (Wildman–Crippen MR) is 106 cm³/mol. The first-order valence-corrected chi connectivity index (χ1v) is 8.98. The van der Waals surface area contributed by atoms with E-state index in [1.54, 1.807) is 0 Å². The number of carbonyl (C=O) groups excluding carboxylic acids is 1. The van der Waals surface area contributed by atoms with Crippen molar-refractivity contribution in [3.05, 3.63) is 108 Å². The molecule has 2 amide bonds. The minimum absolute atomic E-state index is 0.131. The number of benzene rings is 3. The molecule has 3 heteroatoms. The van der Waals surface area contributed by atoms with Crippen molar-refractivity contribution in [3.63, 3.8) is 0 Å². The Morgan fingerprint density at radius 3 is 1.73 bits per heavy atom. The molecule has 0 saturated heterocycles. The van der Waals surface area contributed by atoms with Crippen molar-refractivity contribution in [1.82, 2.24) is 10.6 Å². The molecule has 26 heavy (non-hydrogen) atoms. The number of urea groups is 1. The zero-order chi connectivity index (χ0) is 18.0. The normalized spacial score (nSPS) is 10.5. The van der Waals surface area contributed by atoms with Gasteiger partial charge in [0, 0.05) is 19.0 Å². The van der Waals surface area contributed by atoms with Gasteiger partial charge in [-0.15, -0.1) is 0 Å². The highest BCUT2D eigenvalue weighted by Gasteiger charge is 2.14. The fourth-order valence-corrected chi connectivity index (χ4v) is 3.07. The third-order valence-electron chi connectivity index (χ3n) is 4.42. The quantitative estimate of drug-likeness (QED) is 0.640. The van der Waals surface area contributed by atoms with Crippen molar-refractivity contribution in [2.24, 2.45) is 0 Å². The summed E-state index contributed by atoms with van der Waals surface area (Å²) in [6.45, 7) is 1.16. The second kappa shape index (κ2) is 9.42. The van der Waals surface area contributed by atoms with Crippen LogP contribution < -0.4 is 10.6 Å². The van der Waals surface area contributed by atoms with Crippen molar-refractivity contribution in [3.8, 4) is 0 Å². The number of carbonyl (C=O) groups is 1. The van der Waals surface area contributed by atoms with Crippen LogP contribution in [0.4, 0.5) is 4.79 Å². The van der Waals surface area contributed by atoms with E-state index < -0.39 is 0 Å². The Hall–Kier alpha value is -3.07. The average molecular weight is 344 g/mol. The average Bonchev–Trinajstić information content (AvgIpc) is 2.72. The molecule has 0 aliphatic carbocycles. The number of amides is 2. The maximum absolute atomic E-state index is 12.0. The summed E-state index contributed by atoms with van der Waals surface area (Å²) in [5, 5.41) is 5.88. The molecule has 0 saturated carbocycles. The van der Waals surface area contributed by atoms with Crippen LogP contribution in [0.2, 0.25) is 0 Å². The van der Waals surface area contributed by atoms with E-state index in [2.05, 4.69) is 59.2 Å². The lowest BCUT2D eigenvalue weighted by atomic mass is 9.88. The second-order valence-electron chi connectivity index (χ2n) is 6.26. The van der Waals surface area contributed by atoms with E-state index in [4.69, 9.17) is 0 Å². The maximum Gasteiger partial charge on any atom is 0.315 e. The zero-order valence-corrected chi connectivity index (χ0v) is 14.8. The van der Waals surface area contributed by atoms with Gasteiger partial charge in [0.15, 0.2) is 0 Å². The first-order valence-electron chi connectivity index (χ1n) is 8.98. The summed E-state index contributed by atoms with van der Waals surface area (Å²) in [4.78, 5) is 12.0. The molecule has 3 rings (SSSR count). The molecule has 3 nitrogen and oxygen atoms in total. The van der Waals surface area contributed by atoms with Gasteiger partial charge in [0.05, 0.1) is 0 Å². The number of rotatable bonds is 7. The van der Waals surface area contributed by atoms with Crippen LogP contribution in [0.5, 0.6) is 0 Å². The van der Waals surface area contributed by atoms with Gasteiger partial charge in [-0.2, -0.15) is 0 Å². The fourth-order valence-electron chi connectivity index (χ4n) is 3.07. The van der Waals surface area contributed by atoms with Crippen molar-refractivity contribution in [1.29, 1.82) is 0 Å². The summed E-state index contributed by atoms with van der Waals surface area (Å²) < 4.78 is 0. The molecule has 0 radical (unpaired) electrons. The third-order valence-corrected chi connectivity index (χ3v) is 4.42. The van der Waals surface area contributed by atoms with Crippen LogP contribution in [0.3, 0.4) is 0 Å². The Morgan fingerprint density at radius 2 is 1.19 bits per heavy atom. The van der Waals surface area contributed by atoms with Crippen molar-refractivity contribution < 1.29 is 4.79 Å². The van der Waals surface area contributed by atoms with Gasteiger partial charge in [0.25, 0.3) is 0 Å². The third kappa shape index (κ3) is 5.21. The van der Waals surface area contributed by atoms with Crippen LogP contribution in [0.1, 0.15) is 29.0 Å². The van der Waals surface area contributed by atoms with E-state index in [0.29, 0.717) is 13.1 Å². The Morgan fingerprint density at radius 1 is 0.692 bits per heavy atom.